The molecule has 26 heavy (non-hydrogen) atoms. The summed E-state index contributed by atoms with van der Waals surface area (Å²) in [6.45, 7) is 2.75. The lowest BCUT2D eigenvalue weighted by Gasteiger charge is -2.22. The van der Waals surface area contributed by atoms with Crippen molar-refractivity contribution in [1.82, 2.24) is 20.3 Å². The zero-order valence-corrected chi connectivity index (χ0v) is 15.1. The van der Waals surface area contributed by atoms with Gasteiger partial charge >= 0.3 is 0 Å². The molecule has 1 aliphatic rings. The third kappa shape index (κ3) is 3.62. The standard InChI is InChI=1S/C21H24N4O/c1-15-7-9-16(10-8-15)14-25-20-12-11-17(13-19(20)23-24-25)21(26)22-18-5-3-2-4-6-18/h7-13,18H,2-6,14H2,1H3,(H,22,26). The van der Waals surface area contributed by atoms with E-state index in [-0.39, 0.29) is 5.91 Å². The summed E-state index contributed by atoms with van der Waals surface area (Å²) >= 11 is 0. The van der Waals surface area contributed by atoms with Gasteiger partial charge in [-0.05, 0) is 43.5 Å². The third-order valence-electron chi connectivity index (χ3n) is 5.17. The van der Waals surface area contributed by atoms with Gasteiger partial charge in [-0.2, -0.15) is 0 Å². The number of benzene rings is 2. The molecular weight excluding hydrogens is 324 g/mol. The van der Waals surface area contributed by atoms with Crippen LogP contribution < -0.4 is 5.32 Å². The van der Waals surface area contributed by atoms with Gasteiger partial charge in [-0.15, -0.1) is 5.10 Å². The normalized spacial score (nSPS) is 15.3. The Morgan fingerprint density at radius 2 is 1.88 bits per heavy atom. The topological polar surface area (TPSA) is 59.8 Å². The fraction of sp³-hybridized carbons (Fsp3) is 0.381. The zero-order valence-electron chi connectivity index (χ0n) is 15.1. The van der Waals surface area contributed by atoms with Gasteiger partial charge in [0.05, 0.1) is 12.1 Å². The van der Waals surface area contributed by atoms with Crippen LogP contribution in [0.4, 0.5) is 0 Å². The van der Waals surface area contributed by atoms with Crippen LogP contribution in [0.15, 0.2) is 42.5 Å². The number of carbonyl (C=O) groups excluding carboxylic acids is 1. The molecule has 0 radical (unpaired) electrons. The van der Waals surface area contributed by atoms with Crippen molar-refractivity contribution in [2.45, 2.75) is 51.6 Å². The second-order valence-electron chi connectivity index (χ2n) is 7.24. The van der Waals surface area contributed by atoms with Gasteiger partial charge in [-0.1, -0.05) is 54.3 Å². The number of fused-ring (bicyclic) bond motifs is 1. The number of nitrogens with zero attached hydrogens (tertiary/aromatic N) is 3. The molecule has 0 saturated heterocycles. The molecule has 4 rings (SSSR count). The van der Waals surface area contributed by atoms with Crippen LogP contribution in [0.3, 0.4) is 0 Å². The molecule has 134 valence electrons. The van der Waals surface area contributed by atoms with E-state index in [1.807, 2.05) is 22.9 Å². The Morgan fingerprint density at radius 1 is 1.12 bits per heavy atom. The molecule has 3 aromatic rings. The molecule has 1 saturated carbocycles. The van der Waals surface area contributed by atoms with Crippen LogP contribution in [0.1, 0.15) is 53.6 Å². The van der Waals surface area contributed by atoms with Crippen molar-refractivity contribution in [3.05, 3.63) is 59.2 Å². The molecule has 0 bridgehead atoms. The largest absolute Gasteiger partial charge is 0.349 e. The summed E-state index contributed by atoms with van der Waals surface area (Å²) in [6.07, 6.45) is 5.86. The van der Waals surface area contributed by atoms with Gasteiger partial charge in [-0.3, -0.25) is 4.79 Å². The SMILES string of the molecule is Cc1ccc(Cn2nnc3cc(C(=O)NC4CCCCC4)ccc32)cc1. The number of hydrogen-bond acceptors (Lipinski definition) is 3. The third-order valence-corrected chi connectivity index (χ3v) is 5.17. The van der Waals surface area contributed by atoms with Gasteiger partial charge in [0.15, 0.2) is 0 Å². The predicted octanol–water partition coefficient (Wildman–Crippen LogP) is 3.85. The first-order valence-corrected chi connectivity index (χ1v) is 9.39. The molecule has 1 N–H and O–H groups in total. The Balaban J connectivity index is 1.51. The van der Waals surface area contributed by atoms with E-state index < -0.39 is 0 Å². The number of amides is 1. The van der Waals surface area contributed by atoms with Crippen LogP contribution in [0.2, 0.25) is 0 Å². The Hall–Kier alpha value is -2.69. The molecule has 5 nitrogen and oxygen atoms in total. The molecule has 5 heteroatoms. The quantitative estimate of drug-likeness (QED) is 0.779. The molecule has 2 aromatic carbocycles. The average Bonchev–Trinajstić information content (AvgIpc) is 3.06. The molecule has 1 heterocycles. The van der Waals surface area contributed by atoms with Gasteiger partial charge in [0, 0.05) is 11.6 Å². The first-order chi connectivity index (χ1) is 12.7. The molecule has 1 aromatic heterocycles. The van der Waals surface area contributed by atoms with Crippen LogP contribution in [-0.4, -0.2) is 26.9 Å². The monoisotopic (exact) mass is 348 g/mol. The summed E-state index contributed by atoms with van der Waals surface area (Å²) in [5.74, 6) is -0.00751. The predicted molar refractivity (Wildman–Crippen MR) is 102 cm³/mol. The highest BCUT2D eigenvalue weighted by molar-refractivity contribution is 5.97. The van der Waals surface area contributed by atoms with Crippen molar-refractivity contribution in [2.75, 3.05) is 0 Å². The first kappa shape index (κ1) is 16.8. The maximum absolute atomic E-state index is 12.5. The molecule has 0 aliphatic heterocycles. The lowest BCUT2D eigenvalue weighted by molar-refractivity contribution is 0.0928. The summed E-state index contributed by atoms with van der Waals surface area (Å²) in [5.41, 5.74) is 4.78. The first-order valence-electron chi connectivity index (χ1n) is 9.39. The van der Waals surface area contributed by atoms with E-state index in [1.165, 1.54) is 30.4 Å². The lowest BCUT2D eigenvalue weighted by atomic mass is 9.95. The van der Waals surface area contributed by atoms with Crippen LogP contribution >= 0.6 is 0 Å². The van der Waals surface area contributed by atoms with Gasteiger partial charge in [0.25, 0.3) is 5.91 Å². The number of aryl methyl sites for hydroxylation is 1. The summed E-state index contributed by atoms with van der Waals surface area (Å²) in [6, 6.07) is 14.4. The minimum Gasteiger partial charge on any atom is -0.349 e. The Morgan fingerprint density at radius 3 is 2.65 bits per heavy atom. The van der Waals surface area contributed by atoms with E-state index in [1.54, 1.807) is 0 Å². The van der Waals surface area contributed by atoms with Crippen molar-refractivity contribution < 1.29 is 4.79 Å². The Kier molecular flexibility index (Phi) is 4.69. The van der Waals surface area contributed by atoms with Crippen molar-refractivity contribution in [1.29, 1.82) is 0 Å². The van der Waals surface area contributed by atoms with Crippen LogP contribution in [0.5, 0.6) is 0 Å². The molecular formula is C21H24N4O. The number of aromatic nitrogens is 3. The van der Waals surface area contributed by atoms with E-state index in [9.17, 15) is 4.79 Å². The summed E-state index contributed by atoms with van der Waals surface area (Å²) in [4.78, 5) is 12.5. The number of carbonyl (C=O) groups is 1. The number of hydrogen-bond donors (Lipinski definition) is 1. The van der Waals surface area contributed by atoms with Crippen LogP contribution in [0, 0.1) is 6.92 Å². The second-order valence-corrected chi connectivity index (χ2v) is 7.24. The van der Waals surface area contributed by atoms with E-state index in [0.717, 1.165) is 23.9 Å². The van der Waals surface area contributed by atoms with Gasteiger partial charge in [0.1, 0.15) is 5.52 Å². The fourth-order valence-electron chi connectivity index (χ4n) is 3.61. The molecule has 1 aliphatic carbocycles. The minimum atomic E-state index is -0.00751. The summed E-state index contributed by atoms with van der Waals surface area (Å²) in [7, 11) is 0. The summed E-state index contributed by atoms with van der Waals surface area (Å²) < 4.78 is 1.88. The van der Waals surface area contributed by atoms with Crippen molar-refractivity contribution in [3.63, 3.8) is 0 Å². The smallest absolute Gasteiger partial charge is 0.251 e. The van der Waals surface area contributed by atoms with Crippen molar-refractivity contribution in [3.8, 4) is 0 Å². The highest BCUT2D eigenvalue weighted by Gasteiger charge is 2.17. The maximum atomic E-state index is 12.5. The van der Waals surface area contributed by atoms with Gasteiger partial charge in [0.2, 0.25) is 0 Å². The highest BCUT2D eigenvalue weighted by Crippen LogP contribution is 2.19. The average molecular weight is 348 g/mol. The van der Waals surface area contributed by atoms with Crippen LogP contribution in [-0.2, 0) is 6.54 Å². The maximum Gasteiger partial charge on any atom is 0.251 e. The molecule has 1 fully saturated rings. The van der Waals surface area contributed by atoms with E-state index in [2.05, 4.69) is 46.8 Å². The number of nitrogens with one attached hydrogen (secondary N) is 1. The molecule has 0 atom stereocenters. The van der Waals surface area contributed by atoms with Crippen molar-refractivity contribution in [2.24, 2.45) is 0 Å². The Labute approximate surface area is 153 Å². The Bertz CT molecular complexity index is 907. The van der Waals surface area contributed by atoms with Gasteiger partial charge in [-0.25, -0.2) is 4.68 Å². The minimum absolute atomic E-state index is 0.00751. The highest BCUT2D eigenvalue weighted by atomic mass is 16.1. The summed E-state index contributed by atoms with van der Waals surface area (Å²) in [5, 5.41) is 11.7. The fourth-order valence-corrected chi connectivity index (χ4v) is 3.61. The molecule has 0 unspecified atom stereocenters. The van der Waals surface area contributed by atoms with Crippen molar-refractivity contribution >= 4 is 16.9 Å². The van der Waals surface area contributed by atoms with E-state index >= 15 is 0 Å². The van der Waals surface area contributed by atoms with Crippen LogP contribution in [0.25, 0.3) is 11.0 Å². The zero-order chi connectivity index (χ0) is 17.9. The number of rotatable bonds is 4. The van der Waals surface area contributed by atoms with E-state index in [4.69, 9.17) is 0 Å². The lowest BCUT2D eigenvalue weighted by Crippen LogP contribution is -2.36. The van der Waals surface area contributed by atoms with E-state index in [0.29, 0.717) is 18.2 Å². The second kappa shape index (κ2) is 7.28. The van der Waals surface area contributed by atoms with Gasteiger partial charge < -0.3 is 5.32 Å². The molecule has 0 spiro atoms. The molecule has 1 amide bonds.